The molecule has 3 aromatic rings. The fourth-order valence-electron chi connectivity index (χ4n) is 5.50. The summed E-state index contributed by atoms with van der Waals surface area (Å²) in [6, 6.07) is 18.6. The Morgan fingerprint density at radius 1 is 1.09 bits per heavy atom. The molecule has 2 aliphatic heterocycles. The van der Waals surface area contributed by atoms with Gasteiger partial charge in [-0.3, -0.25) is 14.5 Å². The molecule has 2 aromatic carbocycles. The zero-order valence-corrected chi connectivity index (χ0v) is 19.5. The Labute approximate surface area is 195 Å². The van der Waals surface area contributed by atoms with Crippen molar-refractivity contribution in [3.63, 3.8) is 0 Å². The molecule has 1 aromatic heterocycles. The van der Waals surface area contributed by atoms with Crippen LogP contribution in [0.15, 0.2) is 60.8 Å². The number of nitrogens with one attached hydrogen (secondary N) is 1. The summed E-state index contributed by atoms with van der Waals surface area (Å²) in [7, 11) is 2.01. The predicted octanol–water partition coefficient (Wildman–Crippen LogP) is 4.16. The molecular weight excluding hydrogens is 412 g/mol. The van der Waals surface area contributed by atoms with Crippen molar-refractivity contribution in [2.24, 2.45) is 7.05 Å². The van der Waals surface area contributed by atoms with E-state index in [4.69, 9.17) is 0 Å². The smallest absolute Gasteiger partial charge is 0.250 e. The minimum absolute atomic E-state index is 0.0876. The number of benzene rings is 2. The molecule has 2 fully saturated rings. The standard InChI is InChI=1S/C27H32N4O2/c1-27(26(33)28-22-8-9-24-21(18-22)11-15-29(24)2)14-10-25(32)31(27)23-12-16-30(17-13-23)19-20-6-4-3-5-7-20/h3-9,11,15,18,23H,10,12-14,16-17,19H2,1-2H3,(H,28,33)/t27-/m1/s1. The predicted molar refractivity (Wildman–Crippen MR) is 131 cm³/mol. The molecular formula is C27H32N4O2. The number of amides is 2. The monoisotopic (exact) mass is 444 g/mol. The van der Waals surface area contributed by atoms with Crippen LogP contribution in [0.3, 0.4) is 0 Å². The summed E-state index contributed by atoms with van der Waals surface area (Å²) in [5, 5.41) is 4.19. The van der Waals surface area contributed by atoms with Crippen molar-refractivity contribution in [1.29, 1.82) is 0 Å². The number of carbonyl (C=O) groups is 2. The fourth-order valence-corrected chi connectivity index (χ4v) is 5.50. The Balaban J connectivity index is 1.27. The summed E-state index contributed by atoms with van der Waals surface area (Å²) in [5.74, 6) is 0.0167. The van der Waals surface area contributed by atoms with Crippen molar-refractivity contribution < 1.29 is 9.59 Å². The second-order valence-electron chi connectivity index (χ2n) is 9.68. The third-order valence-electron chi connectivity index (χ3n) is 7.43. The molecule has 0 unspecified atom stereocenters. The van der Waals surface area contributed by atoms with Crippen molar-refractivity contribution in [2.45, 2.75) is 50.7 Å². The lowest BCUT2D eigenvalue weighted by molar-refractivity contribution is -0.142. The quantitative estimate of drug-likeness (QED) is 0.643. The lowest BCUT2D eigenvalue weighted by Crippen LogP contribution is -2.58. The Morgan fingerprint density at radius 3 is 2.61 bits per heavy atom. The zero-order valence-electron chi connectivity index (χ0n) is 19.5. The van der Waals surface area contributed by atoms with Crippen LogP contribution in [-0.4, -0.2) is 50.9 Å². The van der Waals surface area contributed by atoms with E-state index in [1.807, 2.05) is 55.4 Å². The minimum Gasteiger partial charge on any atom is -0.351 e. The van der Waals surface area contributed by atoms with E-state index >= 15 is 0 Å². The molecule has 6 nitrogen and oxygen atoms in total. The van der Waals surface area contributed by atoms with Crippen molar-refractivity contribution in [3.8, 4) is 0 Å². The summed E-state index contributed by atoms with van der Waals surface area (Å²) >= 11 is 0. The van der Waals surface area contributed by atoms with Crippen LogP contribution in [0, 0.1) is 0 Å². The van der Waals surface area contributed by atoms with Gasteiger partial charge >= 0.3 is 0 Å². The van der Waals surface area contributed by atoms with Crippen LogP contribution in [0.1, 0.15) is 38.2 Å². The zero-order chi connectivity index (χ0) is 23.0. The van der Waals surface area contributed by atoms with Gasteiger partial charge in [-0.05, 0) is 56.0 Å². The number of carbonyl (C=O) groups excluding carboxylic acids is 2. The van der Waals surface area contributed by atoms with E-state index in [9.17, 15) is 9.59 Å². The number of nitrogens with zero attached hydrogens (tertiary/aromatic N) is 3. The van der Waals surface area contributed by atoms with Gasteiger partial charge in [-0.1, -0.05) is 30.3 Å². The van der Waals surface area contributed by atoms with Crippen LogP contribution in [0.5, 0.6) is 0 Å². The van der Waals surface area contributed by atoms with E-state index in [0.29, 0.717) is 12.8 Å². The summed E-state index contributed by atoms with van der Waals surface area (Å²) in [6.07, 6.45) is 4.81. The van der Waals surface area contributed by atoms with Crippen molar-refractivity contribution >= 4 is 28.4 Å². The molecule has 2 aliphatic rings. The van der Waals surface area contributed by atoms with Gasteiger partial charge in [0.25, 0.3) is 0 Å². The largest absolute Gasteiger partial charge is 0.351 e. The molecule has 172 valence electrons. The lowest BCUT2D eigenvalue weighted by atomic mass is 9.93. The molecule has 5 rings (SSSR count). The van der Waals surface area contributed by atoms with E-state index in [0.717, 1.165) is 49.1 Å². The van der Waals surface area contributed by atoms with Crippen LogP contribution in [0.2, 0.25) is 0 Å². The highest BCUT2D eigenvalue weighted by atomic mass is 16.2. The van der Waals surface area contributed by atoms with Crippen LogP contribution in [0.4, 0.5) is 5.69 Å². The Kier molecular flexibility index (Phi) is 5.71. The number of aromatic nitrogens is 1. The molecule has 2 saturated heterocycles. The lowest BCUT2D eigenvalue weighted by Gasteiger charge is -2.43. The van der Waals surface area contributed by atoms with E-state index in [2.05, 4.69) is 39.0 Å². The number of likely N-dealkylation sites (tertiary alicyclic amines) is 2. The van der Waals surface area contributed by atoms with E-state index < -0.39 is 5.54 Å². The molecule has 0 saturated carbocycles. The number of hydrogen-bond acceptors (Lipinski definition) is 3. The average molecular weight is 445 g/mol. The van der Waals surface area contributed by atoms with E-state index in [-0.39, 0.29) is 17.9 Å². The summed E-state index contributed by atoms with van der Waals surface area (Å²) < 4.78 is 2.06. The highest BCUT2D eigenvalue weighted by Crippen LogP contribution is 2.36. The van der Waals surface area contributed by atoms with Gasteiger partial charge < -0.3 is 14.8 Å². The molecule has 3 heterocycles. The van der Waals surface area contributed by atoms with Gasteiger partial charge in [0.05, 0.1) is 0 Å². The van der Waals surface area contributed by atoms with Crippen LogP contribution >= 0.6 is 0 Å². The first-order valence-corrected chi connectivity index (χ1v) is 11.9. The van der Waals surface area contributed by atoms with E-state index in [1.54, 1.807) is 0 Å². The highest BCUT2D eigenvalue weighted by molar-refractivity contribution is 6.03. The second-order valence-corrected chi connectivity index (χ2v) is 9.68. The van der Waals surface area contributed by atoms with E-state index in [1.165, 1.54) is 5.56 Å². The van der Waals surface area contributed by atoms with Gasteiger partial charge in [-0.15, -0.1) is 0 Å². The summed E-state index contributed by atoms with van der Waals surface area (Å²) in [4.78, 5) is 30.7. The first kappa shape index (κ1) is 21.7. The molecule has 1 atom stereocenters. The summed E-state index contributed by atoms with van der Waals surface area (Å²) in [6.45, 7) is 4.74. The minimum atomic E-state index is -0.811. The number of hydrogen-bond donors (Lipinski definition) is 1. The van der Waals surface area contributed by atoms with Crippen LogP contribution in [-0.2, 0) is 23.2 Å². The van der Waals surface area contributed by atoms with Crippen molar-refractivity contribution in [3.05, 3.63) is 66.4 Å². The average Bonchev–Trinajstić information content (AvgIpc) is 3.34. The number of rotatable bonds is 5. The molecule has 6 heteroatoms. The number of aryl methyl sites for hydroxylation is 1. The fraction of sp³-hybridized carbons (Fsp3) is 0.407. The van der Waals surface area contributed by atoms with Crippen molar-refractivity contribution in [2.75, 3.05) is 18.4 Å². The number of anilines is 1. The Hall–Kier alpha value is -3.12. The van der Waals surface area contributed by atoms with Gasteiger partial charge in [0.1, 0.15) is 5.54 Å². The molecule has 33 heavy (non-hydrogen) atoms. The number of fused-ring (bicyclic) bond motifs is 1. The number of piperidine rings is 1. The topological polar surface area (TPSA) is 57.6 Å². The first-order chi connectivity index (χ1) is 15.9. The Morgan fingerprint density at radius 2 is 1.85 bits per heavy atom. The maximum Gasteiger partial charge on any atom is 0.250 e. The molecule has 0 spiro atoms. The third-order valence-corrected chi connectivity index (χ3v) is 7.43. The maximum atomic E-state index is 13.5. The molecule has 0 bridgehead atoms. The van der Waals surface area contributed by atoms with Gasteiger partial charge in [-0.2, -0.15) is 0 Å². The van der Waals surface area contributed by atoms with Crippen LogP contribution in [0.25, 0.3) is 10.9 Å². The van der Waals surface area contributed by atoms with Crippen molar-refractivity contribution in [1.82, 2.24) is 14.4 Å². The van der Waals surface area contributed by atoms with Gasteiger partial charge in [0.15, 0.2) is 0 Å². The highest BCUT2D eigenvalue weighted by Gasteiger charge is 2.50. The molecule has 2 amide bonds. The van der Waals surface area contributed by atoms with Gasteiger partial charge in [0.2, 0.25) is 11.8 Å². The molecule has 0 aliphatic carbocycles. The molecule has 0 radical (unpaired) electrons. The van der Waals surface area contributed by atoms with Gasteiger partial charge in [0, 0.05) is 61.9 Å². The maximum absolute atomic E-state index is 13.5. The Bertz CT molecular complexity index is 1160. The first-order valence-electron chi connectivity index (χ1n) is 11.9. The third kappa shape index (κ3) is 4.15. The SMILES string of the molecule is Cn1ccc2cc(NC(=O)[C@@]3(C)CCC(=O)N3C3CCN(Cc4ccccc4)CC3)ccc21. The molecule has 1 N–H and O–H groups in total. The summed E-state index contributed by atoms with van der Waals surface area (Å²) in [5.41, 5.74) is 2.40. The second kappa shape index (κ2) is 8.67. The van der Waals surface area contributed by atoms with Crippen LogP contribution < -0.4 is 5.32 Å². The normalized spacial score (nSPS) is 22.2. The van der Waals surface area contributed by atoms with Gasteiger partial charge in [-0.25, -0.2) is 0 Å².